The van der Waals surface area contributed by atoms with Gasteiger partial charge in [0.15, 0.2) is 0 Å². The van der Waals surface area contributed by atoms with Crippen LogP contribution in [0.3, 0.4) is 0 Å². The zero-order valence-electron chi connectivity index (χ0n) is 22.8. The first-order valence-electron chi connectivity index (χ1n) is 13.1. The summed E-state index contributed by atoms with van der Waals surface area (Å²) in [6.45, 7) is 4.23. The third-order valence-corrected chi connectivity index (χ3v) is 8.38. The lowest BCUT2D eigenvalue weighted by Crippen LogP contribution is -2.32. The number of nitrogens with zero attached hydrogens (tertiary/aromatic N) is 3. The Bertz CT molecular complexity index is 1610. The van der Waals surface area contributed by atoms with E-state index >= 15 is 0 Å². The standard InChI is InChI=1S/C30H29BrClN5O3S/c1-4-15-41-30-35-29-33-18(2)26(28(38)34-23-11-7-8-12-25(23)39-3)27(37(29)36-30)21-16-20(31)13-14-24(21)40-17-19-9-5-6-10-22(19)32/h5-14,16,27H,4,15,17H2,1-3H3,(H,34,38)(H,33,35,36). The molecule has 0 fully saturated rings. The molecule has 212 valence electrons. The van der Waals surface area contributed by atoms with Crippen molar-refractivity contribution in [1.82, 2.24) is 14.8 Å². The third kappa shape index (κ3) is 6.39. The number of fused-ring (bicyclic) bond motifs is 1. The summed E-state index contributed by atoms with van der Waals surface area (Å²) in [7, 11) is 1.57. The second-order valence-electron chi connectivity index (χ2n) is 9.29. The summed E-state index contributed by atoms with van der Waals surface area (Å²) >= 11 is 11.6. The topological polar surface area (TPSA) is 90.3 Å². The number of hydrogen-bond acceptors (Lipinski definition) is 7. The van der Waals surface area contributed by atoms with Crippen molar-refractivity contribution in [2.24, 2.45) is 0 Å². The average molecular weight is 655 g/mol. The van der Waals surface area contributed by atoms with Crippen LogP contribution in [0.15, 0.2) is 87.6 Å². The molecule has 0 saturated heterocycles. The Morgan fingerprint density at radius 1 is 1.15 bits per heavy atom. The number of rotatable bonds is 10. The number of carbonyl (C=O) groups excluding carboxylic acids is 1. The van der Waals surface area contributed by atoms with E-state index in [0.29, 0.717) is 44.6 Å². The minimum absolute atomic E-state index is 0.256. The number of ether oxygens (including phenoxy) is 2. The summed E-state index contributed by atoms with van der Waals surface area (Å²) in [6.07, 6.45) is 0.987. The number of carbonyl (C=O) groups is 1. The Labute approximate surface area is 256 Å². The van der Waals surface area contributed by atoms with Crippen molar-refractivity contribution >= 4 is 56.8 Å². The van der Waals surface area contributed by atoms with Crippen LogP contribution in [-0.4, -0.2) is 33.5 Å². The first kappa shape index (κ1) is 29.0. The maximum atomic E-state index is 14.0. The Morgan fingerprint density at radius 3 is 2.71 bits per heavy atom. The molecule has 1 atom stereocenters. The molecule has 2 heterocycles. The van der Waals surface area contributed by atoms with Gasteiger partial charge < -0.3 is 20.1 Å². The second-order valence-corrected chi connectivity index (χ2v) is 11.7. The SMILES string of the molecule is CCCSc1nc2n(n1)C(c1cc(Br)ccc1OCc1ccccc1Cl)C(C(=O)Nc1ccccc1OC)=C(C)N2. The average Bonchev–Trinajstić information content (AvgIpc) is 3.37. The first-order valence-corrected chi connectivity index (χ1v) is 15.2. The van der Waals surface area contributed by atoms with Gasteiger partial charge in [0.05, 0.1) is 18.4 Å². The number of methoxy groups -OCH3 is 1. The van der Waals surface area contributed by atoms with E-state index < -0.39 is 6.04 Å². The lowest BCUT2D eigenvalue weighted by Gasteiger charge is -2.30. The number of hydrogen-bond donors (Lipinski definition) is 2. The quantitative estimate of drug-likeness (QED) is 0.169. The van der Waals surface area contributed by atoms with Crippen LogP contribution in [0.1, 0.15) is 37.4 Å². The minimum atomic E-state index is -0.636. The number of halogens is 2. The molecule has 1 unspecified atom stereocenters. The molecule has 1 amide bonds. The number of para-hydroxylation sites is 2. The highest BCUT2D eigenvalue weighted by molar-refractivity contribution is 9.10. The zero-order valence-corrected chi connectivity index (χ0v) is 25.9. The van der Waals surface area contributed by atoms with Crippen LogP contribution in [0.25, 0.3) is 0 Å². The smallest absolute Gasteiger partial charge is 0.255 e. The van der Waals surface area contributed by atoms with Crippen molar-refractivity contribution in [3.8, 4) is 11.5 Å². The number of amides is 1. The van der Waals surface area contributed by atoms with Crippen LogP contribution in [-0.2, 0) is 11.4 Å². The van der Waals surface area contributed by atoms with Crippen LogP contribution >= 0.6 is 39.3 Å². The summed E-state index contributed by atoms with van der Waals surface area (Å²) in [6, 6.07) is 20.0. The van der Waals surface area contributed by atoms with E-state index in [1.807, 2.05) is 61.5 Å². The van der Waals surface area contributed by atoms with Crippen molar-refractivity contribution < 1.29 is 14.3 Å². The van der Waals surface area contributed by atoms with E-state index in [1.54, 1.807) is 35.7 Å². The number of thioether (sulfide) groups is 1. The monoisotopic (exact) mass is 653 g/mol. The summed E-state index contributed by atoms with van der Waals surface area (Å²) in [4.78, 5) is 18.8. The highest BCUT2D eigenvalue weighted by Crippen LogP contribution is 2.42. The number of aromatic nitrogens is 3. The molecule has 0 aliphatic carbocycles. The molecule has 11 heteroatoms. The van der Waals surface area contributed by atoms with Crippen LogP contribution in [0.4, 0.5) is 11.6 Å². The fourth-order valence-corrected chi connectivity index (χ4v) is 5.79. The number of anilines is 2. The predicted octanol–water partition coefficient (Wildman–Crippen LogP) is 7.71. The fourth-order valence-electron chi connectivity index (χ4n) is 4.54. The number of allylic oxidation sites excluding steroid dienone is 1. The molecule has 1 aliphatic heterocycles. The molecule has 0 radical (unpaired) electrons. The first-order chi connectivity index (χ1) is 19.9. The molecule has 2 N–H and O–H groups in total. The van der Waals surface area contributed by atoms with E-state index in [4.69, 9.17) is 31.2 Å². The molecule has 4 aromatic rings. The Hall–Kier alpha value is -3.47. The van der Waals surface area contributed by atoms with Crippen LogP contribution in [0.2, 0.25) is 5.02 Å². The zero-order chi connectivity index (χ0) is 28.9. The van der Waals surface area contributed by atoms with Crippen molar-refractivity contribution in [3.05, 3.63) is 98.6 Å². The summed E-state index contributed by atoms with van der Waals surface area (Å²) < 4.78 is 14.4. The van der Waals surface area contributed by atoms with Gasteiger partial charge in [0.25, 0.3) is 5.91 Å². The molecular formula is C30H29BrClN5O3S. The fraction of sp³-hybridized carbons (Fsp3) is 0.233. The second kappa shape index (κ2) is 13.0. The van der Waals surface area contributed by atoms with Gasteiger partial charge in [-0.15, -0.1) is 5.10 Å². The van der Waals surface area contributed by atoms with E-state index in [-0.39, 0.29) is 12.5 Å². The van der Waals surface area contributed by atoms with E-state index in [9.17, 15) is 4.79 Å². The van der Waals surface area contributed by atoms with E-state index in [0.717, 1.165) is 27.8 Å². The normalized spacial score (nSPS) is 14.3. The highest BCUT2D eigenvalue weighted by atomic mass is 79.9. The Kier molecular flexibility index (Phi) is 9.22. The van der Waals surface area contributed by atoms with E-state index in [1.165, 1.54) is 0 Å². The van der Waals surface area contributed by atoms with Crippen LogP contribution < -0.4 is 20.1 Å². The molecule has 1 aliphatic rings. The van der Waals surface area contributed by atoms with Crippen molar-refractivity contribution in [3.63, 3.8) is 0 Å². The lowest BCUT2D eigenvalue weighted by molar-refractivity contribution is -0.113. The van der Waals surface area contributed by atoms with Gasteiger partial charge in [-0.05, 0) is 49.7 Å². The largest absolute Gasteiger partial charge is 0.495 e. The van der Waals surface area contributed by atoms with Gasteiger partial charge in [0.1, 0.15) is 24.1 Å². The molecule has 0 spiro atoms. The van der Waals surface area contributed by atoms with E-state index in [2.05, 4.69) is 33.5 Å². The maximum Gasteiger partial charge on any atom is 0.255 e. The molecule has 5 rings (SSSR count). The van der Waals surface area contributed by atoms with Crippen molar-refractivity contribution in [2.45, 2.75) is 38.1 Å². The number of nitrogens with one attached hydrogen (secondary N) is 2. The van der Waals surface area contributed by atoms with Gasteiger partial charge in [-0.3, -0.25) is 4.79 Å². The van der Waals surface area contributed by atoms with Crippen LogP contribution in [0, 0.1) is 0 Å². The van der Waals surface area contributed by atoms with Gasteiger partial charge in [0, 0.05) is 32.1 Å². The number of benzene rings is 3. The molecular weight excluding hydrogens is 626 g/mol. The van der Waals surface area contributed by atoms with Gasteiger partial charge in [-0.25, -0.2) is 4.68 Å². The van der Waals surface area contributed by atoms with Gasteiger partial charge >= 0.3 is 0 Å². The Balaban J connectivity index is 1.59. The summed E-state index contributed by atoms with van der Waals surface area (Å²) in [5.41, 5.74) is 3.30. The molecule has 0 bridgehead atoms. The maximum absolute atomic E-state index is 14.0. The molecule has 41 heavy (non-hydrogen) atoms. The highest BCUT2D eigenvalue weighted by Gasteiger charge is 2.36. The molecule has 1 aromatic heterocycles. The summed E-state index contributed by atoms with van der Waals surface area (Å²) in [5.74, 6) is 2.29. The van der Waals surface area contributed by atoms with Crippen molar-refractivity contribution in [2.75, 3.05) is 23.5 Å². The third-order valence-electron chi connectivity index (χ3n) is 6.48. The molecule has 0 saturated carbocycles. The summed E-state index contributed by atoms with van der Waals surface area (Å²) in [5, 5.41) is 12.4. The predicted molar refractivity (Wildman–Crippen MR) is 167 cm³/mol. The molecule has 8 nitrogen and oxygen atoms in total. The van der Waals surface area contributed by atoms with Crippen molar-refractivity contribution in [1.29, 1.82) is 0 Å². The van der Waals surface area contributed by atoms with Gasteiger partial charge in [-0.1, -0.05) is 76.5 Å². The van der Waals surface area contributed by atoms with Gasteiger partial charge in [-0.2, -0.15) is 4.98 Å². The van der Waals surface area contributed by atoms with Crippen LogP contribution in [0.5, 0.6) is 11.5 Å². The minimum Gasteiger partial charge on any atom is -0.495 e. The lowest BCUT2D eigenvalue weighted by atomic mass is 9.94. The molecule has 3 aromatic carbocycles. The van der Waals surface area contributed by atoms with Gasteiger partial charge in [0.2, 0.25) is 11.1 Å². The Morgan fingerprint density at radius 2 is 1.93 bits per heavy atom.